The van der Waals surface area contributed by atoms with Gasteiger partial charge in [0, 0.05) is 36.0 Å². The number of ketones is 1. The second-order valence-electron chi connectivity index (χ2n) is 7.46. The zero-order chi connectivity index (χ0) is 17.6. The third-order valence-corrected chi connectivity index (χ3v) is 4.86. The summed E-state index contributed by atoms with van der Waals surface area (Å²) in [5, 5.41) is 0. The minimum Gasteiger partial charge on any atom is -0.299 e. The molecule has 2 aromatic rings. The summed E-state index contributed by atoms with van der Waals surface area (Å²) in [7, 11) is 0. The molecule has 0 amide bonds. The number of carbonyl (C=O) groups is 1. The number of nitrogens with zero attached hydrogens (tertiary/aromatic N) is 3. The summed E-state index contributed by atoms with van der Waals surface area (Å²) in [4.78, 5) is 23.3. The minimum atomic E-state index is 0.152. The third kappa shape index (κ3) is 4.95. The third-order valence-electron chi connectivity index (χ3n) is 4.86. The highest BCUT2D eigenvalue weighted by Crippen LogP contribution is 2.23. The molecule has 1 aromatic carbocycles. The van der Waals surface area contributed by atoms with Crippen LogP contribution in [0.5, 0.6) is 0 Å². The van der Waals surface area contributed by atoms with Gasteiger partial charge in [0.2, 0.25) is 0 Å². The number of piperidine rings is 1. The van der Waals surface area contributed by atoms with Gasteiger partial charge in [-0.2, -0.15) is 0 Å². The molecule has 132 valence electrons. The van der Waals surface area contributed by atoms with Crippen LogP contribution in [0.15, 0.2) is 43.0 Å². The average Bonchev–Trinajstić information content (AvgIpc) is 2.63. The molecule has 1 fully saturated rings. The van der Waals surface area contributed by atoms with Crippen molar-refractivity contribution < 1.29 is 4.79 Å². The van der Waals surface area contributed by atoms with E-state index < -0.39 is 0 Å². The van der Waals surface area contributed by atoms with Crippen molar-refractivity contribution in [2.45, 2.75) is 39.7 Å². The quantitative estimate of drug-likeness (QED) is 0.753. The normalized spacial score (nSPS) is 16.3. The van der Waals surface area contributed by atoms with E-state index in [4.69, 9.17) is 0 Å². The van der Waals surface area contributed by atoms with E-state index in [0.717, 1.165) is 50.0 Å². The van der Waals surface area contributed by atoms with E-state index in [2.05, 4.69) is 40.8 Å². The van der Waals surface area contributed by atoms with Gasteiger partial charge in [-0.3, -0.25) is 9.69 Å². The van der Waals surface area contributed by atoms with Gasteiger partial charge in [-0.1, -0.05) is 38.1 Å². The van der Waals surface area contributed by atoms with Gasteiger partial charge < -0.3 is 0 Å². The largest absolute Gasteiger partial charge is 0.299 e. The number of hydrogen-bond acceptors (Lipinski definition) is 4. The predicted octanol–water partition coefficient (Wildman–Crippen LogP) is 3.77. The van der Waals surface area contributed by atoms with Gasteiger partial charge in [-0.15, -0.1) is 0 Å². The van der Waals surface area contributed by atoms with Crippen molar-refractivity contribution >= 4 is 5.78 Å². The number of rotatable bonds is 6. The van der Waals surface area contributed by atoms with Gasteiger partial charge in [0.1, 0.15) is 6.33 Å². The smallest absolute Gasteiger partial charge is 0.166 e. The molecule has 3 rings (SSSR count). The lowest BCUT2D eigenvalue weighted by Gasteiger charge is -2.31. The molecule has 4 heteroatoms. The van der Waals surface area contributed by atoms with E-state index in [1.165, 1.54) is 5.56 Å². The van der Waals surface area contributed by atoms with Gasteiger partial charge in [0.15, 0.2) is 5.78 Å². The molecule has 1 aliphatic heterocycles. The van der Waals surface area contributed by atoms with Crippen molar-refractivity contribution in [1.29, 1.82) is 0 Å². The Hall–Kier alpha value is -2.07. The zero-order valence-electron chi connectivity index (χ0n) is 15.2. The van der Waals surface area contributed by atoms with Gasteiger partial charge in [-0.05, 0) is 43.8 Å². The van der Waals surface area contributed by atoms with Crippen LogP contribution in [0.4, 0.5) is 0 Å². The van der Waals surface area contributed by atoms with E-state index >= 15 is 0 Å². The Morgan fingerprint density at radius 3 is 2.32 bits per heavy atom. The first-order valence-corrected chi connectivity index (χ1v) is 9.21. The predicted molar refractivity (Wildman–Crippen MR) is 99.3 cm³/mol. The first-order chi connectivity index (χ1) is 12.1. The Kier molecular flexibility index (Phi) is 5.92. The molecule has 0 unspecified atom stereocenters. The molecule has 0 N–H and O–H groups in total. The summed E-state index contributed by atoms with van der Waals surface area (Å²) in [6, 6.07) is 8.23. The van der Waals surface area contributed by atoms with Crippen molar-refractivity contribution in [2.75, 3.05) is 13.1 Å². The molecule has 4 nitrogen and oxygen atoms in total. The van der Waals surface area contributed by atoms with Crippen LogP contribution in [-0.2, 0) is 13.0 Å². The van der Waals surface area contributed by atoms with Crippen LogP contribution in [0.25, 0.3) is 0 Å². The molecular formula is C21H27N3O. The van der Waals surface area contributed by atoms with Crippen molar-refractivity contribution in [2.24, 2.45) is 11.8 Å². The van der Waals surface area contributed by atoms with Gasteiger partial charge in [0.25, 0.3) is 0 Å². The molecule has 0 saturated carbocycles. The Morgan fingerprint density at radius 1 is 1.08 bits per heavy atom. The van der Waals surface area contributed by atoms with Crippen molar-refractivity contribution in [1.82, 2.24) is 14.9 Å². The molecule has 0 bridgehead atoms. The van der Waals surface area contributed by atoms with E-state index in [1.54, 1.807) is 6.33 Å². The molecule has 2 heterocycles. The first-order valence-electron chi connectivity index (χ1n) is 9.21. The highest BCUT2D eigenvalue weighted by atomic mass is 16.1. The molecule has 0 aliphatic carbocycles. The monoisotopic (exact) mass is 337 g/mol. The van der Waals surface area contributed by atoms with Crippen LogP contribution in [0.1, 0.15) is 48.2 Å². The fraction of sp³-hybridized carbons (Fsp3) is 0.476. The van der Waals surface area contributed by atoms with Crippen LogP contribution in [0.3, 0.4) is 0 Å². The number of carbonyl (C=O) groups excluding carboxylic acids is 1. The average molecular weight is 337 g/mol. The van der Waals surface area contributed by atoms with E-state index in [0.29, 0.717) is 11.7 Å². The molecule has 0 radical (unpaired) electrons. The summed E-state index contributed by atoms with van der Waals surface area (Å²) < 4.78 is 0. The summed E-state index contributed by atoms with van der Waals surface area (Å²) in [5.41, 5.74) is 3.31. The van der Waals surface area contributed by atoms with Crippen molar-refractivity contribution in [3.8, 4) is 0 Å². The number of hydrogen-bond donors (Lipinski definition) is 0. The molecule has 0 spiro atoms. The van der Waals surface area contributed by atoms with E-state index in [9.17, 15) is 4.79 Å². The lowest BCUT2D eigenvalue weighted by atomic mass is 9.88. The molecule has 0 atom stereocenters. The van der Waals surface area contributed by atoms with Gasteiger partial charge >= 0.3 is 0 Å². The number of aromatic nitrogens is 2. The lowest BCUT2D eigenvalue weighted by Crippen LogP contribution is -2.36. The van der Waals surface area contributed by atoms with Crippen LogP contribution < -0.4 is 0 Å². The molecule has 1 saturated heterocycles. The van der Waals surface area contributed by atoms with Crippen LogP contribution in [-0.4, -0.2) is 33.7 Å². The van der Waals surface area contributed by atoms with Gasteiger partial charge in [0.05, 0.1) is 0 Å². The highest BCUT2D eigenvalue weighted by Gasteiger charge is 2.25. The van der Waals surface area contributed by atoms with Crippen molar-refractivity contribution in [3.05, 3.63) is 59.7 Å². The summed E-state index contributed by atoms with van der Waals surface area (Å²) in [5.74, 6) is 1.10. The first kappa shape index (κ1) is 17.7. The maximum Gasteiger partial charge on any atom is 0.166 e. The van der Waals surface area contributed by atoms with E-state index in [1.807, 2.05) is 24.5 Å². The molecule has 1 aromatic heterocycles. The topological polar surface area (TPSA) is 46.1 Å². The molecule has 1 aliphatic rings. The summed E-state index contributed by atoms with van der Waals surface area (Å²) in [6.07, 6.45) is 8.21. The Labute approximate surface area is 150 Å². The maximum absolute atomic E-state index is 12.8. The number of Topliss-reactive ketones (excluding diaryl/α,β-unsaturated/α-hetero) is 1. The molecule has 25 heavy (non-hydrogen) atoms. The standard InChI is InChI=1S/C21H27N3O/c1-16(2)11-17-3-5-19(6-4-17)21(25)20-7-9-24(10-8-20)14-18-12-22-15-23-13-18/h3-6,12-13,15-16,20H,7-11,14H2,1-2H3. The highest BCUT2D eigenvalue weighted by molar-refractivity contribution is 5.97. The maximum atomic E-state index is 12.8. The van der Waals surface area contributed by atoms with E-state index in [-0.39, 0.29) is 5.92 Å². The van der Waals surface area contributed by atoms with Crippen molar-refractivity contribution in [3.63, 3.8) is 0 Å². The second kappa shape index (κ2) is 8.34. The fourth-order valence-electron chi connectivity index (χ4n) is 3.54. The fourth-order valence-corrected chi connectivity index (χ4v) is 3.54. The SMILES string of the molecule is CC(C)Cc1ccc(C(=O)C2CCN(Cc3cncnc3)CC2)cc1. The Morgan fingerprint density at radius 2 is 1.72 bits per heavy atom. The van der Waals surface area contributed by atoms with Crippen LogP contribution in [0, 0.1) is 11.8 Å². The Balaban J connectivity index is 1.52. The molecular weight excluding hydrogens is 310 g/mol. The minimum absolute atomic E-state index is 0.152. The lowest BCUT2D eigenvalue weighted by molar-refractivity contribution is 0.0834. The number of benzene rings is 1. The second-order valence-corrected chi connectivity index (χ2v) is 7.46. The zero-order valence-corrected chi connectivity index (χ0v) is 15.2. The number of likely N-dealkylation sites (tertiary alicyclic amines) is 1. The van der Waals surface area contributed by atoms with Gasteiger partial charge in [-0.25, -0.2) is 9.97 Å². The summed E-state index contributed by atoms with van der Waals surface area (Å²) >= 11 is 0. The van der Waals surface area contributed by atoms with Crippen LogP contribution >= 0.6 is 0 Å². The summed E-state index contributed by atoms with van der Waals surface area (Å²) in [6.45, 7) is 7.21. The van der Waals surface area contributed by atoms with Crippen LogP contribution in [0.2, 0.25) is 0 Å². The Bertz CT molecular complexity index is 674.